The fraction of sp³-hybridized carbons (Fsp3) is 0.500. The van der Waals surface area contributed by atoms with Gasteiger partial charge in [0.1, 0.15) is 35.1 Å². The van der Waals surface area contributed by atoms with E-state index in [0.717, 1.165) is 22.8 Å². The van der Waals surface area contributed by atoms with Crippen molar-refractivity contribution in [3.63, 3.8) is 0 Å². The second-order valence-corrected chi connectivity index (χ2v) is 14.4. The summed E-state index contributed by atoms with van der Waals surface area (Å²) in [5.41, 5.74) is 2.75. The van der Waals surface area contributed by atoms with Gasteiger partial charge in [-0.05, 0) is 6.07 Å². The fourth-order valence-electron chi connectivity index (χ4n) is 4.95. The minimum absolute atomic E-state index is 0.114. The van der Waals surface area contributed by atoms with Crippen LogP contribution in [0.15, 0.2) is 28.2 Å². The Morgan fingerprint density at radius 2 is 2.05 bits per heavy atom. The molecule has 1 unspecified atom stereocenters. The first kappa shape index (κ1) is 28.3. The first-order valence-electron chi connectivity index (χ1n) is 12.0. The number of thiol groups is 1. The Bertz CT molecular complexity index is 1780. The highest BCUT2D eigenvalue weighted by Gasteiger charge is 2.56. The number of aliphatic hydroxyl groups is 2. The van der Waals surface area contributed by atoms with Crippen molar-refractivity contribution < 1.29 is 32.8 Å². The lowest BCUT2D eigenvalue weighted by Gasteiger charge is -2.27. The van der Waals surface area contributed by atoms with Crippen molar-refractivity contribution >= 4 is 58.7 Å². The molecule has 220 valence electrons. The van der Waals surface area contributed by atoms with Crippen LogP contribution in [0.2, 0.25) is 0 Å². The Morgan fingerprint density at radius 3 is 2.80 bits per heavy atom. The van der Waals surface area contributed by atoms with Crippen LogP contribution in [0.1, 0.15) is 11.6 Å². The van der Waals surface area contributed by atoms with Crippen molar-refractivity contribution in [1.29, 1.82) is 0 Å². The highest BCUT2D eigenvalue weighted by atomic mass is 32.7. The zero-order valence-electron chi connectivity index (χ0n) is 20.5. The van der Waals surface area contributed by atoms with Gasteiger partial charge in [0.2, 0.25) is 5.95 Å². The van der Waals surface area contributed by atoms with Crippen molar-refractivity contribution in [2.75, 3.05) is 18.9 Å². The summed E-state index contributed by atoms with van der Waals surface area (Å²) >= 11 is 5.01. The number of anilines is 1. The van der Waals surface area contributed by atoms with Crippen LogP contribution < -0.4 is 16.9 Å². The first-order chi connectivity index (χ1) is 19.5. The Kier molecular flexibility index (Phi) is 7.20. The molecule has 6 heterocycles. The van der Waals surface area contributed by atoms with Crippen LogP contribution in [-0.4, -0.2) is 98.4 Å². The summed E-state index contributed by atoms with van der Waals surface area (Å²) in [4.78, 5) is 36.9. The van der Waals surface area contributed by atoms with E-state index in [4.69, 9.17) is 15.0 Å². The van der Waals surface area contributed by atoms with Gasteiger partial charge < -0.3 is 34.8 Å². The lowest BCUT2D eigenvalue weighted by molar-refractivity contribution is -0.0405. The third-order valence-corrected chi connectivity index (χ3v) is 11.7. The van der Waals surface area contributed by atoms with E-state index < -0.39 is 78.0 Å². The third-order valence-electron chi connectivity index (χ3n) is 6.94. The number of nitrogens with zero attached hydrogens (tertiary/aromatic N) is 6. The van der Waals surface area contributed by atoms with Crippen LogP contribution in [0.5, 0.6) is 0 Å². The number of nitrogens with two attached hydrogens (primary N) is 1. The molecule has 2 aliphatic rings. The largest absolute Gasteiger partial charge is 0.395 e. The maximum Gasteiger partial charge on any atom is 0.282 e. The van der Waals surface area contributed by atoms with Gasteiger partial charge in [0.05, 0.1) is 30.2 Å². The van der Waals surface area contributed by atoms with E-state index in [1.807, 2.05) is 0 Å². The number of aromatic nitrogens is 8. The van der Waals surface area contributed by atoms with Gasteiger partial charge >= 0.3 is 0 Å². The molecule has 0 saturated carbocycles. The average Bonchev–Trinajstić information content (AvgIpc) is 3.68. The first-order valence-corrected chi connectivity index (χ1v) is 15.8. The molecule has 4 aromatic heterocycles. The lowest BCUT2D eigenvalue weighted by atomic mass is 10.1. The molecular formula is C20H22F2N9O7PS2. The predicted octanol–water partition coefficient (Wildman–Crippen LogP) is -0.116. The van der Waals surface area contributed by atoms with Gasteiger partial charge in [-0.2, -0.15) is 4.98 Å². The molecule has 6 N–H and O–H groups in total. The molecule has 2 aliphatic heterocycles. The number of aliphatic hydroxyl groups excluding tert-OH is 2. The van der Waals surface area contributed by atoms with Gasteiger partial charge in [-0.15, -0.1) is 16.9 Å². The number of hydrogen-bond acceptors (Lipinski definition) is 13. The average molecular weight is 634 g/mol. The minimum atomic E-state index is -4.29. The zero-order valence-corrected chi connectivity index (χ0v) is 23.1. The summed E-state index contributed by atoms with van der Waals surface area (Å²) in [5, 5.41) is 25.9. The van der Waals surface area contributed by atoms with Crippen molar-refractivity contribution in [3.05, 3.63) is 39.3 Å². The van der Waals surface area contributed by atoms with Crippen LogP contribution in [0.3, 0.4) is 0 Å². The van der Waals surface area contributed by atoms with Crippen molar-refractivity contribution in [2.24, 2.45) is 0 Å². The van der Waals surface area contributed by atoms with E-state index in [-0.39, 0.29) is 28.1 Å². The summed E-state index contributed by atoms with van der Waals surface area (Å²) in [6, 6.07) is 1.41. The van der Waals surface area contributed by atoms with Crippen LogP contribution in [0.25, 0.3) is 22.2 Å². The van der Waals surface area contributed by atoms with Gasteiger partial charge in [0, 0.05) is 6.20 Å². The number of nitrogens with one attached hydrogen (secondary N) is 2. The highest BCUT2D eigenvalue weighted by Crippen LogP contribution is 2.67. The number of aromatic amines is 2. The summed E-state index contributed by atoms with van der Waals surface area (Å²) < 4.78 is 58.0. The summed E-state index contributed by atoms with van der Waals surface area (Å²) in [6.07, 6.45) is -5.91. The molecule has 0 spiro atoms. The van der Waals surface area contributed by atoms with Gasteiger partial charge in [-0.25, -0.2) is 18.4 Å². The number of rotatable bonds is 7. The molecule has 2 saturated heterocycles. The van der Waals surface area contributed by atoms with E-state index in [2.05, 4.69) is 42.5 Å². The highest BCUT2D eigenvalue weighted by molar-refractivity contribution is 8.46. The van der Waals surface area contributed by atoms with Crippen LogP contribution in [0, 0.1) is 0 Å². The van der Waals surface area contributed by atoms with Gasteiger partial charge in [-0.3, -0.25) is 19.1 Å². The molecule has 0 aliphatic carbocycles. The van der Waals surface area contributed by atoms with Gasteiger partial charge in [0.15, 0.2) is 23.6 Å². The molecule has 2 fully saturated rings. The van der Waals surface area contributed by atoms with E-state index in [1.54, 1.807) is 0 Å². The molecule has 4 aromatic rings. The molecule has 9 atom stereocenters. The molecule has 41 heavy (non-hydrogen) atoms. The topological polar surface area (TPSA) is 229 Å². The SMILES string of the molecule is Nc1nc2c(nnn2[C@@H]2S[C@H](CO)[C@@H](F)[C@H]2P(=O)(S)OC[C@H]2O[C@@H](n3ccc4c(=O)[nH]cnc43)[C@@H](F)[C@@H]2O)c(=O)[nH]1. The fourth-order valence-corrected chi connectivity index (χ4v) is 9.87. The zero-order chi connectivity index (χ0) is 29.2. The van der Waals surface area contributed by atoms with Crippen molar-refractivity contribution in [1.82, 2.24) is 39.5 Å². The summed E-state index contributed by atoms with van der Waals surface area (Å²) in [5.74, 6) is -0.260. The standard InChI is InChI=1S/C20H22F2N9O7PS2/c21-9-8(3-32)41-19(31-15-11(28-29-31)17(35)27-20(23)26-15)13(9)39(36,40)37-4-7-12(33)10(22)18(38-7)30-2-1-6-14(30)24-5-25-16(6)34/h1-2,5,7-10,12-13,18-19,32-33H,3-4H2,(H,36,40)(H,24,25,34)(H3,23,26,27,35)/t7-,8-,9-,10+,12-,13-,18-,19-,39?/m1/s1. The Morgan fingerprint density at radius 1 is 1.27 bits per heavy atom. The molecule has 21 heteroatoms. The minimum Gasteiger partial charge on any atom is -0.395 e. The Labute approximate surface area is 236 Å². The molecule has 6 rings (SSSR count). The number of halogens is 2. The predicted molar refractivity (Wildman–Crippen MR) is 144 cm³/mol. The number of alkyl halides is 2. The van der Waals surface area contributed by atoms with Gasteiger partial charge in [0.25, 0.3) is 17.7 Å². The quantitative estimate of drug-likeness (QED) is 0.115. The lowest BCUT2D eigenvalue weighted by Crippen LogP contribution is -2.33. The Balaban J connectivity index is 1.25. The maximum absolute atomic E-state index is 15.6. The monoisotopic (exact) mass is 633 g/mol. The number of thioether (sulfide) groups is 1. The van der Waals surface area contributed by atoms with Gasteiger partial charge in [-0.1, -0.05) is 17.5 Å². The molecule has 0 bridgehead atoms. The number of nitrogen functional groups attached to an aromatic ring is 1. The maximum atomic E-state index is 15.6. The van der Waals surface area contributed by atoms with Crippen molar-refractivity contribution in [2.45, 2.75) is 47.1 Å². The third kappa shape index (κ3) is 4.66. The number of H-pyrrole nitrogens is 2. The van der Waals surface area contributed by atoms with E-state index in [0.29, 0.717) is 0 Å². The van der Waals surface area contributed by atoms with Crippen molar-refractivity contribution in [3.8, 4) is 0 Å². The van der Waals surface area contributed by atoms with Crippen LogP contribution in [-0.2, 0) is 13.8 Å². The van der Waals surface area contributed by atoms with Crippen LogP contribution in [0.4, 0.5) is 14.7 Å². The molecule has 16 nitrogen and oxygen atoms in total. The van der Waals surface area contributed by atoms with E-state index in [9.17, 15) is 24.4 Å². The molecule has 0 aromatic carbocycles. The second kappa shape index (κ2) is 10.4. The van der Waals surface area contributed by atoms with E-state index in [1.165, 1.54) is 16.8 Å². The van der Waals surface area contributed by atoms with Crippen LogP contribution >= 0.6 is 30.6 Å². The molecule has 0 amide bonds. The number of ether oxygens (including phenoxy) is 1. The number of hydrogen-bond donors (Lipinski definition) is 6. The smallest absolute Gasteiger partial charge is 0.282 e. The number of fused-ring (bicyclic) bond motifs is 2. The summed E-state index contributed by atoms with van der Waals surface area (Å²) in [6.45, 7) is -5.58. The normalized spacial score (nSPS) is 31.7. The summed E-state index contributed by atoms with van der Waals surface area (Å²) in [7, 11) is 0. The Hall–Kier alpha value is -2.87. The molecular weight excluding hydrogens is 611 g/mol. The second-order valence-electron chi connectivity index (χ2n) is 9.39. The molecule has 0 radical (unpaired) electrons. The van der Waals surface area contributed by atoms with E-state index >= 15 is 8.78 Å².